The molecule has 1 aliphatic carbocycles. The fourth-order valence-electron chi connectivity index (χ4n) is 2.01. The molecule has 1 amide bonds. The molecule has 1 aromatic rings. The Morgan fingerprint density at radius 1 is 1.53 bits per heavy atom. The van der Waals surface area contributed by atoms with Crippen LogP contribution in [0.4, 0.5) is 0 Å². The lowest BCUT2D eigenvalue weighted by molar-refractivity contribution is 0.0942. The predicted octanol–water partition coefficient (Wildman–Crippen LogP) is 3.23. The molecule has 0 saturated heterocycles. The third-order valence-electron chi connectivity index (χ3n) is 2.87. The minimum Gasteiger partial charge on any atom is -0.349 e. The van der Waals surface area contributed by atoms with Gasteiger partial charge in [0.15, 0.2) is 0 Å². The largest absolute Gasteiger partial charge is 0.349 e. The molecule has 90 valence electrons. The highest BCUT2D eigenvalue weighted by atomic mass is 32.1. The molecule has 2 rings (SSSR count). The minimum absolute atomic E-state index is 0.00547. The van der Waals surface area contributed by atoms with Crippen molar-refractivity contribution in [1.82, 2.24) is 5.32 Å². The summed E-state index contributed by atoms with van der Waals surface area (Å²) in [5, 5.41) is 6.51. The standard InChI is InChI=1S/C11H14N4OS/c12-15-13-7-9-5-6-10(17-9)11(16)14-8-3-1-2-4-8/h5-6,8H,1-4,7H2,(H,14,16). The number of carbonyl (C=O) groups excluding carboxylic acids is 1. The van der Waals surface area contributed by atoms with E-state index in [0.717, 1.165) is 17.7 Å². The van der Waals surface area contributed by atoms with Crippen LogP contribution in [0.2, 0.25) is 0 Å². The van der Waals surface area contributed by atoms with Gasteiger partial charge >= 0.3 is 0 Å². The van der Waals surface area contributed by atoms with Crippen LogP contribution in [-0.2, 0) is 6.54 Å². The summed E-state index contributed by atoms with van der Waals surface area (Å²) in [5.41, 5.74) is 8.22. The zero-order chi connectivity index (χ0) is 12.1. The van der Waals surface area contributed by atoms with Gasteiger partial charge in [0, 0.05) is 15.8 Å². The molecule has 1 aliphatic rings. The van der Waals surface area contributed by atoms with Crippen molar-refractivity contribution in [2.45, 2.75) is 38.3 Å². The molecule has 0 aromatic carbocycles. The van der Waals surface area contributed by atoms with Crippen molar-refractivity contribution >= 4 is 17.2 Å². The fourth-order valence-corrected chi connectivity index (χ4v) is 2.84. The number of amides is 1. The average molecular weight is 250 g/mol. The van der Waals surface area contributed by atoms with Gasteiger partial charge in [-0.3, -0.25) is 4.79 Å². The fraction of sp³-hybridized carbons (Fsp3) is 0.545. The number of rotatable bonds is 4. The lowest BCUT2D eigenvalue weighted by atomic mass is 10.2. The first-order chi connectivity index (χ1) is 8.29. The number of thiophene rings is 1. The molecule has 1 saturated carbocycles. The molecule has 17 heavy (non-hydrogen) atoms. The van der Waals surface area contributed by atoms with Crippen molar-refractivity contribution < 1.29 is 4.79 Å². The number of nitrogens with zero attached hydrogens (tertiary/aromatic N) is 3. The Labute approximate surface area is 103 Å². The van der Waals surface area contributed by atoms with Crippen LogP contribution in [0.3, 0.4) is 0 Å². The summed E-state index contributed by atoms with van der Waals surface area (Å²) in [4.78, 5) is 16.2. The van der Waals surface area contributed by atoms with Crippen LogP contribution in [0.1, 0.15) is 40.2 Å². The van der Waals surface area contributed by atoms with E-state index in [1.54, 1.807) is 6.07 Å². The van der Waals surface area contributed by atoms with Gasteiger partial charge in [0.25, 0.3) is 5.91 Å². The zero-order valence-electron chi connectivity index (χ0n) is 9.43. The van der Waals surface area contributed by atoms with Crippen molar-refractivity contribution in [2.75, 3.05) is 0 Å². The van der Waals surface area contributed by atoms with Gasteiger partial charge in [-0.2, -0.15) is 0 Å². The number of hydrogen-bond donors (Lipinski definition) is 1. The molecular weight excluding hydrogens is 236 g/mol. The Morgan fingerprint density at radius 2 is 2.29 bits per heavy atom. The van der Waals surface area contributed by atoms with E-state index < -0.39 is 0 Å². The summed E-state index contributed by atoms with van der Waals surface area (Å²) < 4.78 is 0. The van der Waals surface area contributed by atoms with Gasteiger partial charge in [0.1, 0.15) is 0 Å². The van der Waals surface area contributed by atoms with Crippen molar-refractivity contribution in [3.63, 3.8) is 0 Å². The molecule has 6 heteroatoms. The second kappa shape index (κ2) is 5.70. The van der Waals surface area contributed by atoms with Gasteiger partial charge in [-0.1, -0.05) is 18.0 Å². The number of carbonyl (C=O) groups is 1. The molecular formula is C11H14N4OS. The molecule has 0 bridgehead atoms. The van der Waals surface area contributed by atoms with E-state index in [1.807, 2.05) is 6.07 Å². The second-order valence-corrected chi connectivity index (χ2v) is 5.28. The summed E-state index contributed by atoms with van der Waals surface area (Å²) in [6.45, 7) is 0.317. The van der Waals surface area contributed by atoms with E-state index in [-0.39, 0.29) is 5.91 Å². The first-order valence-electron chi connectivity index (χ1n) is 5.70. The smallest absolute Gasteiger partial charge is 0.261 e. The molecule has 1 aromatic heterocycles. The minimum atomic E-state index is -0.00547. The molecule has 1 heterocycles. The number of nitrogens with one attached hydrogen (secondary N) is 1. The summed E-state index contributed by atoms with van der Waals surface area (Å²) in [7, 11) is 0. The van der Waals surface area contributed by atoms with Crippen molar-refractivity contribution in [3.8, 4) is 0 Å². The summed E-state index contributed by atoms with van der Waals surface area (Å²) in [5.74, 6) is -0.00547. The van der Waals surface area contributed by atoms with Gasteiger partial charge in [0.2, 0.25) is 0 Å². The quantitative estimate of drug-likeness (QED) is 0.497. The van der Waals surface area contributed by atoms with Gasteiger partial charge in [-0.05, 0) is 30.5 Å². The SMILES string of the molecule is [N-]=[N+]=NCc1ccc(C(=O)NC2CCCC2)s1. The molecule has 0 unspecified atom stereocenters. The molecule has 5 nitrogen and oxygen atoms in total. The predicted molar refractivity (Wildman–Crippen MR) is 66.9 cm³/mol. The Hall–Kier alpha value is -1.52. The van der Waals surface area contributed by atoms with Gasteiger partial charge < -0.3 is 5.32 Å². The topological polar surface area (TPSA) is 77.9 Å². The van der Waals surface area contributed by atoms with E-state index in [1.165, 1.54) is 24.2 Å². The molecule has 1 N–H and O–H groups in total. The van der Waals surface area contributed by atoms with Crippen molar-refractivity contribution in [2.24, 2.45) is 5.11 Å². The van der Waals surface area contributed by atoms with Crippen LogP contribution in [0, 0.1) is 0 Å². The van der Waals surface area contributed by atoms with Gasteiger partial charge in [-0.15, -0.1) is 11.3 Å². The lowest BCUT2D eigenvalue weighted by Crippen LogP contribution is -2.31. The monoisotopic (exact) mass is 250 g/mol. The van der Waals surface area contributed by atoms with E-state index in [2.05, 4.69) is 15.3 Å². The average Bonchev–Trinajstić information content (AvgIpc) is 2.96. The Bertz CT molecular complexity index is 444. The van der Waals surface area contributed by atoms with Crippen LogP contribution < -0.4 is 5.32 Å². The lowest BCUT2D eigenvalue weighted by Gasteiger charge is -2.10. The second-order valence-electron chi connectivity index (χ2n) is 4.11. The summed E-state index contributed by atoms with van der Waals surface area (Å²) >= 11 is 1.39. The van der Waals surface area contributed by atoms with Crippen LogP contribution >= 0.6 is 11.3 Å². The van der Waals surface area contributed by atoms with Crippen LogP contribution in [-0.4, -0.2) is 11.9 Å². The summed E-state index contributed by atoms with van der Waals surface area (Å²) in [6, 6.07) is 3.96. The zero-order valence-corrected chi connectivity index (χ0v) is 10.2. The maximum atomic E-state index is 11.9. The maximum Gasteiger partial charge on any atom is 0.261 e. The van der Waals surface area contributed by atoms with Crippen LogP contribution in [0.15, 0.2) is 17.2 Å². The van der Waals surface area contributed by atoms with Gasteiger partial charge in [0.05, 0.1) is 11.4 Å². The third kappa shape index (κ3) is 3.22. The number of hydrogen-bond acceptors (Lipinski definition) is 3. The summed E-state index contributed by atoms with van der Waals surface area (Å²) in [6.07, 6.45) is 4.58. The van der Waals surface area contributed by atoms with Crippen molar-refractivity contribution in [3.05, 3.63) is 32.3 Å². The Kier molecular flexibility index (Phi) is 4.01. The molecule has 1 fully saturated rings. The van der Waals surface area contributed by atoms with Crippen molar-refractivity contribution in [1.29, 1.82) is 0 Å². The third-order valence-corrected chi connectivity index (χ3v) is 3.93. The first kappa shape index (κ1) is 12.0. The van der Waals surface area contributed by atoms with Crippen LogP contribution in [0.5, 0.6) is 0 Å². The molecule has 0 atom stereocenters. The molecule has 0 radical (unpaired) electrons. The normalized spacial score (nSPS) is 15.5. The number of azide groups is 1. The Morgan fingerprint density at radius 3 is 3.00 bits per heavy atom. The maximum absolute atomic E-state index is 11.9. The first-order valence-corrected chi connectivity index (χ1v) is 6.51. The van der Waals surface area contributed by atoms with E-state index in [4.69, 9.17) is 5.53 Å². The highest BCUT2D eigenvalue weighted by Gasteiger charge is 2.18. The van der Waals surface area contributed by atoms with Gasteiger partial charge in [-0.25, -0.2) is 0 Å². The van der Waals surface area contributed by atoms with Crippen LogP contribution in [0.25, 0.3) is 10.4 Å². The Balaban J connectivity index is 1.93. The molecule has 0 spiro atoms. The molecule has 0 aliphatic heterocycles. The van der Waals surface area contributed by atoms with E-state index >= 15 is 0 Å². The van der Waals surface area contributed by atoms with E-state index in [0.29, 0.717) is 17.5 Å². The highest BCUT2D eigenvalue weighted by molar-refractivity contribution is 7.14. The highest BCUT2D eigenvalue weighted by Crippen LogP contribution is 2.21. The van der Waals surface area contributed by atoms with E-state index in [9.17, 15) is 4.79 Å².